The van der Waals surface area contributed by atoms with Crippen LogP contribution in [0.5, 0.6) is 0 Å². The topological polar surface area (TPSA) is 20.2 Å². The monoisotopic (exact) mass is 304 g/mol. The highest BCUT2D eigenvalue weighted by Gasteiger charge is 2.30. The lowest BCUT2D eigenvalue weighted by Crippen LogP contribution is -2.07. The summed E-state index contributed by atoms with van der Waals surface area (Å²) in [5.41, 5.74) is -0.869. The molecule has 2 aromatic carbocycles. The van der Waals surface area contributed by atoms with E-state index >= 15 is 0 Å². The van der Waals surface area contributed by atoms with Gasteiger partial charge >= 0.3 is 6.18 Å². The van der Waals surface area contributed by atoms with Crippen LogP contribution in [0.25, 0.3) is 0 Å². The van der Waals surface area contributed by atoms with Crippen molar-refractivity contribution in [1.82, 2.24) is 0 Å². The molecular formula is C14H9ClF4O. The second-order valence-electron chi connectivity index (χ2n) is 4.16. The highest BCUT2D eigenvalue weighted by molar-refractivity contribution is 6.31. The molecule has 2 aromatic rings. The molecule has 0 radical (unpaired) electrons. The van der Waals surface area contributed by atoms with Gasteiger partial charge in [-0.3, -0.25) is 0 Å². The molecule has 2 rings (SSSR count). The molecular weight excluding hydrogens is 296 g/mol. The third-order valence-corrected chi connectivity index (χ3v) is 3.16. The average molecular weight is 305 g/mol. The lowest BCUT2D eigenvalue weighted by Gasteiger charge is -2.15. The Balaban J connectivity index is 2.37. The predicted octanol–water partition coefficient (Wildman–Crippen LogP) is 4.58. The summed E-state index contributed by atoms with van der Waals surface area (Å²) in [7, 11) is 0. The van der Waals surface area contributed by atoms with Crippen molar-refractivity contribution < 1.29 is 22.7 Å². The zero-order chi connectivity index (χ0) is 14.9. The van der Waals surface area contributed by atoms with E-state index in [1.54, 1.807) is 0 Å². The summed E-state index contributed by atoms with van der Waals surface area (Å²) in [5, 5.41) is 10.1. The predicted molar refractivity (Wildman–Crippen MR) is 66.9 cm³/mol. The van der Waals surface area contributed by atoms with Crippen LogP contribution in [0.2, 0.25) is 5.02 Å². The lowest BCUT2D eigenvalue weighted by molar-refractivity contribution is -0.137. The maximum atomic E-state index is 13.6. The molecule has 0 saturated heterocycles. The van der Waals surface area contributed by atoms with Crippen molar-refractivity contribution in [2.75, 3.05) is 0 Å². The molecule has 6 heteroatoms. The fourth-order valence-corrected chi connectivity index (χ4v) is 2.06. The van der Waals surface area contributed by atoms with Crippen molar-refractivity contribution in [3.63, 3.8) is 0 Å². The van der Waals surface area contributed by atoms with E-state index in [4.69, 9.17) is 11.6 Å². The molecule has 0 aliphatic rings. The first-order chi connectivity index (χ1) is 9.30. The maximum absolute atomic E-state index is 13.6. The third-order valence-electron chi connectivity index (χ3n) is 2.83. The smallest absolute Gasteiger partial charge is 0.383 e. The minimum Gasteiger partial charge on any atom is -0.383 e. The molecule has 1 N–H and O–H groups in total. The van der Waals surface area contributed by atoms with E-state index in [0.717, 1.165) is 30.3 Å². The minimum atomic E-state index is -4.46. The quantitative estimate of drug-likeness (QED) is 0.805. The summed E-state index contributed by atoms with van der Waals surface area (Å²) in [6.45, 7) is 0. The van der Waals surface area contributed by atoms with E-state index in [9.17, 15) is 22.7 Å². The maximum Gasteiger partial charge on any atom is 0.416 e. The molecule has 20 heavy (non-hydrogen) atoms. The van der Waals surface area contributed by atoms with Gasteiger partial charge in [0.25, 0.3) is 0 Å². The van der Waals surface area contributed by atoms with E-state index in [2.05, 4.69) is 0 Å². The Bertz CT molecular complexity index is 587. The first kappa shape index (κ1) is 14.8. The van der Waals surface area contributed by atoms with Crippen molar-refractivity contribution in [3.05, 3.63) is 70.0 Å². The highest BCUT2D eigenvalue weighted by Crippen LogP contribution is 2.33. The average Bonchev–Trinajstić information content (AvgIpc) is 2.37. The van der Waals surface area contributed by atoms with Gasteiger partial charge in [0.05, 0.1) is 5.56 Å². The number of rotatable bonds is 2. The Kier molecular flexibility index (Phi) is 4.01. The van der Waals surface area contributed by atoms with E-state index in [1.807, 2.05) is 0 Å². The van der Waals surface area contributed by atoms with E-state index in [0.29, 0.717) is 0 Å². The number of hydrogen-bond donors (Lipinski definition) is 1. The van der Waals surface area contributed by atoms with Crippen LogP contribution in [-0.2, 0) is 6.18 Å². The molecule has 0 amide bonds. The van der Waals surface area contributed by atoms with Gasteiger partial charge in [-0.25, -0.2) is 4.39 Å². The standard InChI is InChI=1S/C14H9ClF4O/c15-10-2-1-3-11(16)12(10)13(20)8-4-6-9(7-5-8)14(17,18)19/h1-7,13,20H. The van der Waals surface area contributed by atoms with Gasteiger partial charge in [0.2, 0.25) is 0 Å². The number of hydrogen-bond acceptors (Lipinski definition) is 1. The van der Waals surface area contributed by atoms with E-state index < -0.39 is 23.7 Å². The Labute approximate surface area is 117 Å². The van der Waals surface area contributed by atoms with Crippen molar-refractivity contribution in [2.24, 2.45) is 0 Å². The molecule has 0 heterocycles. The highest BCUT2D eigenvalue weighted by atomic mass is 35.5. The molecule has 1 unspecified atom stereocenters. The number of alkyl halides is 3. The largest absolute Gasteiger partial charge is 0.416 e. The minimum absolute atomic E-state index is 0.0115. The van der Waals surface area contributed by atoms with Gasteiger partial charge in [-0.2, -0.15) is 13.2 Å². The third kappa shape index (κ3) is 2.94. The van der Waals surface area contributed by atoms with Gasteiger partial charge in [0.1, 0.15) is 11.9 Å². The molecule has 0 fully saturated rings. The number of aliphatic hydroxyl groups is 1. The van der Waals surface area contributed by atoms with Crippen LogP contribution in [0.1, 0.15) is 22.8 Å². The summed E-state index contributed by atoms with van der Waals surface area (Å²) in [6.07, 6.45) is -5.88. The second-order valence-corrected chi connectivity index (χ2v) is 4.56. The van der Waals surface area contributed by atoms with Crippen LogP contribution < -0.4 is 0 Å². The fraction of sp³-hybridized carbons (Fsp3) is 0.143. The van der Waals surface area contributed by atoms with Gasteiger partial charge in [-0.1, -0.05) is 29.8 Å². The van der Waals surface area contributed by atoms with Gasteiger partial charge in [0, 0.05) is 10.6 Å². The van der Waals surface area contributed by atoms with Crippen LogP contribution in [0.4, 0.5) is 17.6 Å². The molecule has 0 bridgehead atoms. The van der Waals surface area contributed by atoms with Crippen LogP contribution in [-0.4, -0.2) is 5.11 Å². The van der Waals surface area contributed by atoms with Crippen molar-refractivity contribution in [2.45, 2.75) is 12.3 Å². The zero-order valence-electron chi connectivity index (χ0n) is 9.96. The number of halogens is 5. The van der Waals surface area contributed by atoms with Gasteiger partial charge in [-0.05, 0) is 29.8 Å². The second kappa shape index (κ2) is 5.42. The van der Waals surface area contributed by atoms with Crippen molar-refractivity contribution in [1.29, 1.82) is 0 Å². The van der Waals surface area contributed by atoms with Crippen LogP contribution in [0, 0.1) is 5.82 Å². The van der Waals surface area contributed by atoms with Crippen molar-refractivity contribution in [3.8, 4) is 0 Å². The Morgan fingerprint density at radius 1 is 1.00 bits per heavy atom. The van der Waals surface area contributed by atoms with Gasteiger partial charge < -0.3 is 5.11 Å². The SMILES string of the molecule is OC(c1ccc(C(F)(F)F)cc1)c1c(F)cccc1Cl. The first-order valence-corrected chi connectivity index (χ1v) is 5.97. The molecule has 0 aliphatic carbocycles. The number of aliphatic hydroxyl groups excluding tert-OH is 1. The summed E-state index contributed by atoms with van der Waals surface area (Å²) >= 11 is 5.80. The summed E-state index contributed by atoms with van der Waals surface area (Å²) in [4.78, 5) is 0. The van der Waals surface area contributed by atoms with E-state index in [1.165, 1.54) is 12.1 Å². The molecule has 0 aromatic heterocycles. The van der Waals surface area contributed by atoms with Crippen molar-refractivity contribution >= 4 is 11.6 Å². The van der Waals surface area contributed by atoms with Crippen LogP contribution in [0.3, 0.4) is 0 Å². The normalized spacial score (nSPS) is 13.3. The Morgan fingerprint density at radius 2 is 1.60 bits per heavy atom. The summed E-state index contributed by atoms with van der Waals surface area (Å²) in [5.74, 6) is -0.718. The van der Waals surface area contributed by atoms with Gasteiger partial charge in [0.15, 0.2) is 0 Å². The zero-order valence-corrected chi connectivity index (χ0v) is 10.7. The van der Waals surface area contributed by atoms with Gasteiger partial charge in [-0.15, -0.1) is 0 Å². The lowest BCUT2D eigenvalue weighted by atomic mass is 10.00. The van der Waals surface area contributed by atoms with E-state index in [-0.39, 0.29) is 16.1 Å². The molecule has 0 spiro atoms. The summed E-state index contributed by atoms with van der Waals surface area (Å²) in [6, 6.07) is 7.73. The first-order valence-electron chi connectivity index (χ1n) is 5.60. The molecule has 1 atom stereocenters. The van der Waals surface area contributed by atoms with Crippen LogP contribution >= 0.6 is 11.6 Å². The molecule has 0 aliphatic heterocycles. The Hall–Kier alpha value is -1.59. The summed E-state index contributed by atoms with van der Waals surface area (Å²) < 4.78 is 50.9. The number of benzene rings is 2. The Morgan fingerprint density at radius 3 is 2.10 bits per heavy atom. The molecule has 0 saturated carbocycles. The molecule has 106 valence electrons. The molecule has 1 nitrogen and oxygen atoms in total. The fourth-order valence-electron chi connectivity index (χ4n) is 1.79. The van der Waals surface area contributed by atoms with Crippen LogP contribution in [0.15, 0.2) is 42.5 Å².